The van der Waals surface area contributed by atoms with E-state index in [0.29, 0.717) is 22.7 Å². The molecule has 6 heteroatoms. The molecule has 0 bridgehead atoms. The fourth-order valence-electron chi connectivity index (χ4n) is 3.62. The molecular formula is C21H21N3O3. The number of carbonyl (C=O) groups excluding carboxylic acids is 2. The van der Waals surface area contributed by atoms with Crippen molar-refractivity contribution in [3.63, 3.8) is 0 Å². The van der Waals surface area contributed by atoms with Crippen LogP contribution in [0.5, 0.6) is 0 Å². The van der Waals surface area contributed by atoms with Crippen LogP contribution >= 0.6 is 0 Å². The Labute approximate surface area is 157 Å². The van der Waals surface area contributed by atoms with Gasteiger partial charge in [-0.3, -0.25) is 9.20 Å². The number of hydrogen-bond donors (Lipinski definition) is 0. The summed E-state index contributed by atoms with van der Waals surface area (Å²) in [4.78, 5) is 24.5. The Kier molecular flexibility index (Phi) is 4.96. The van der Waals surface area contributed by atoms with Crippen LogP contribution in [-0.2, 0) is 4.74 Å². The van der Waals surface area contributed by atoms with Gasteiger partial charge in [0.15, 0.2) is 18.0 Å². The molecule has 0 aliphatic heterocycles. The molecule has 0 N–H and O–H groups in total. The Morgan fingerprint density at radius 2 is 1.74 bits per heavy atom. The summed E-state index contributed by atoms with van der Waals surface area (Å²) in [5, 5.41) is 7.64. The summed E-state index contributed by atoms with van der Waals surface area (Å²) in [5.41, 5.74) is 2.85. The number of ether oxygens (including phenoxy) is 1. The average molecular weight is 363 g/mol. The molecule has 3 aromatic rings. The number of pyridine rings is 1. The Hall–Kier alpha value is -3.02. The molecule has 6 nitrogen and oxygen atoms in total. The molecule has 1 aromatic carbocycles. The molecule has 1 aliphatic rings. The second kappa shape index (κ2) is 7.70. The number of nitrogens with zero attached hydrogens (tertiary/aromatic N) is 3. The smallest absolute Gasteiger partial charge is 0.340 e. The molecule has 0 amide bonds. The van der Waals surface area contributed by atoms with Crippen LogP contribution < -0.4 is 0 Å². The molecule has 4 rings (SSSR count). The van der Waals surface area contributed by atoms with Crippen LogP contribution in [0.3, 0.4) is 0 Å². The quantitative estimate of drug-likeness (QED) is 0.509. The highest BCUT2D eigenvalue weighted by Crippen LogP contribution is 2.32. The van der Waals surface area contributed by atoms with E-state index in [4.69, 9.17) is 4.74 Å². The van der Waals surface area contributed by atoms with Crippen molar-refractivity contribution in [3.8, 4) is 0 Å². The predicted octanol–water partition coefficient (Wildman–Crippen LogP) is 3.82. The number of Topliss-reactive ketones (excluding diaryl/α,β-unsaturated/α-hetero) is 1. The van der Waals surface area contributed by atoms with Crippen molar-refractivity contribution in [1.29, 1.82) is 0 Å². The summed E-state index contributed by atoms with van der Waals surface area (Å²) in [6.45, 7) is -0.276. The number of ketones is 1. The molecule has 2 heterocycles. The molecule has 0 spiro atoms. The SMILES string of the molecule is O=C(COC(=O)c1ccc2nncn2c1)c1ccc(C2CCCCC2)cc1. The van der Waals surface area contributed by atoms with E-state index in [1.165, 1.54) is 44.0 Å². The fraction of sp³-hybridized carbons (Fsp3) is 0.333. The molecule has 0 radical (unpaired) electrons. The molecule has 0 saturated heterocycles. The largest absolute Gasteiger partial charge is 0.454 e. The lowest BCUT2D eigenvalue weighted by Gasteiger charge is -2.22. The Balaban J connectivity index is 1.36. The summed E-state index contributed by atoms with van der Waals surface area (Å²) in [6, 6.07) is 11.0. The van der Waals surface area contributed by atoms with Crippen LogP contribution in [0.15, 0.2) is 48.9 Å². The second-order valence-electron chi connectivity index (χ2n) is 6.97. The summed E-state index contributed by atoms with van der Waals surface area (Å²) >= 11 is 0. The minimum absolute atomic E-state index is 0.205. The van der Waals surface area contributed by atoms with E-state index in [0.717, 1.165) is 0 Å². The van der Waals surface area contributed by atoms with Gasteiger partial charge in [-0.25, -0.2) is 4.79 Å². The van der Waals surface area contributed by atoms with Crippen molar-refractivity contribution < 1.29 is 14.3 Å². The molecule has 0 atom stereocenters. The topological polar surface area (TPSA) is 73.6 Å². The number of fused-ring (bicyclic) bond motifs is 1. The van der Waals surface area contributed by atoms with Gasteiger partial charge in [0.2, 0.25) is 0 Å². The van der Waals surface area contributed by atoms with Crippen LogP contribution in [0.1, 0.15) is 64.3 Å². The third kappa shape index (κ3) is 3.89. The maximum atomic E-state index is 12.3. The zero-order valence-corrected chi connectivity index (χ0v) is 15.0. The van der Waals surface area contributed by atoms with Crippen molar-refractivity contribution in [2.24, 2.45) is 0 Å². The van der Waals surface area contributed by atoms with Gasteiger partial charge < -0.3 is 4.74 Å². The first-order valence-electron chi connectivity index (χ1n) is 9.30. The fourth-order valence-corrected chi connectivity index (χ4v) is 3.62. The Morgan fingerprint density at radius 1 is 1.00 bits per heavy atom. The van der Waals surface area contributed by atoms with E-state index in [2.05, 4.69) is 10.2 Å². The Bertz CT molecular complexity index is 956. The van der Waals surface area contributed by atoms with Crippen molar-refractivity contribution in [2.75, 3.05) is 6.61 Å². The summed E-state index contributed by atoms with van der Waals surface area (Å²) in [5.74, 6) is -0.144. The lowest BCUT2D eigenvalue weighted by atomic mass is 9.84. The molecule has 0 unspecified atom stereocenters. The van der Waals surface area contributed by atoms with Gasteiger partial charge in [-0.2, -0.15) is 0 Å². The van der Waals surface area contributed by atoms with E-state index in [9.17, 15) is 9.59 Å². The number of hydrogen-bond acceptors (Lipinski definition) is 5. The van der Waals surface area contributed by atoms with E-state index in [-0.39, 0.29) is 12.4 Å². The molecule has 1 aliphatic carbocycles. The van der Waals surface area contributed by atoms with Crippen LogP contribution in [-0.4, -0.2) is 33.0 Å². The zero-order chi connectivity index (χ0) is 18.6. The Morgan fingerprint density at radius 3 is 2.52 bits per heavy atom. The van der Waals surface area contributed by atoms with Gasteiger partial charge in [0.05, 0.1) is 5.56 Å². The number of carbonyl (C=O) groups is 2. The standard InChI is InChI=1S/C21H21N3O3/c25-19(17-8-6-16(7-9-17)15-4-2-1-3-5-15)13-27-21(26)18-10-11-20-23-22-14-24(20)12-18/h6-12,14-15H,1-5,13H2. The van der Waals surface area contributed by atoms with Crippen LogP contribution in [0, 0.1) is 0 Å². The van der Waals surface area contributed by atoms with Crippen molar-refractivity contribution in [1.82, 2.24) is 14.6 Å². The van der Waals surface area contributed by atoms with Gasteiger partial charge in [0.1, 0.15) is 6.33 Å². The second-order valence-corrected chi connectivity index (χ2v) is 6.97. The average Bonchev–Trinajstić information content (AvgIpc) is 3.20. The van der Waals surface area contributed by atoms with E-state index >= 15 is 0 Å². The third-order valence-electron chi connectivity index (χ3n) is 5.17. The highest BCUT2D eigenvalue weighted by Gasteiger charge is 2.17. The van der Waals surface area contributed by atoms with Gasteiger partial charge in [-0.15, -0.1) is 10.2 Å². The van der Waals surface area contributed by atoms with Crippen LogP contribution in [0.4, 0.5) is 0 Å². The van der Waals surface area contributed by atoms with Crippen molar-refractivity contribution in [3.05, 3.63) is 65.6 Å². The van der Waals surface area contributed by atoms with Gasteiger partial charge in [-0.05, 0) is 36.5 Å². The van der Waals surface area contributed by atoms with Gasteiger partial charge >= 0.3 is 5.97 Å². The van der Waals surface area contributed by atoms with Crippen LogP contribution in [0.2, 0.25) is 0 Å². The summed E-state index contributed by atoms with van der Waals surface area (Å²) < 4.78 is 6.80. The number of aromatic nitrogens is 3. The lowest BCUT2D eigenvalue weighted by Crippen LogP contribution is -2.15. The normalized spacial score (nSPS) is 15.0. The predicted molar refractivity (Wildman–Crippen MR) is 99.9 cm³/mol. The van der Waals surface area contributed by atoms with E-state index < -0.39 is 5.97 Å². The summed E-state index contributed by atoms with van der Waals surface area (Å²) in [7, 11) is 0. The monoisotopic (exact) mass is 363 g/mol. The highest BCUT2D eigenvalue weighted by atomic mass is 16.5. The number of rotatable bonds is 5. The van der Waals surface area contributed by atoms with Gasteiger partial charge in [-0.1, -0.05) is 43.5 Å². The third-order valence-corrected chi connectivity index (χ3v) is 5.17. The molecule has 1 saturated carbocycles. The number of esters is 1. The van der Waals surface area contributed by atoms with Gasteiger partial charge in [0.25, 0.3) is 0 Å². The highest BCUT2D eigenvalue weighted by molar-refractivity contribution is 5.99. The maximum Gasteiger partial charge on any atom is 0.340 e. The van der Waals surface area contributed by atoms with E-state index in [1.54, 1.807) is 22.7 Å². The van der Waals surface area contributed by atoms with E-state index in [1.807, 2.05) is 24.3 Å². The lowest BCUT2D eigenvalue weighted by molar-refractivity contribution is 0.0474. The first-order chi connectivity index (χ1) is 13.2. The molecule has 1 fully saturated rings. The zero-order valence-electron chi connectivity index (χ0n) is 15.0. The maximum absolute atomic E-state index is 12.3. The molecule has 27 heavy (non-hydrogen) atoms. The first-order valence-corrected chi connectivity index (χ1v) is 9.30. The number of benzene rings is 1. The van der Waals surface area contributed by atoms with Crippen molar-refractivity contribution >= 4 is 17.4 Å². The molecule has 2 aromatic heterocycles. The van der Waals surface area contributed by atoms with Crippen LogP contribution in [0.25, 0.3) is 5.65 Å². The minimum atomic E-state index is -0.544. The summed E-state index contributed by atoms with van der Waals surface area (Å²) in [6.07, 6.45) is 9.42. The first kappa shape index (κ1) is 17.4. The molecule has 138 valence electrons. The molecular weight excluding hydrogens is 342 g/mol. The van der Waals surface area contributed by atoms with Crippen molar-refractivity contribution in [2.45, 2.75) is 38.0 Å². The van der Waals surface area contributed by atoms with Gasteiger partial charge in [0, 0.05) is 11.8 Å². The minimum Gasteiger partial charge on any atom is -0.454 e.